The lowest BCUT2D eigenvalue weighted by molar-refractivity contribution is 0.0930. The first kappa shape index (κ1) is 14.2. The van der Waals surface area contributed by atoms with E-state index in [1.807, 2.05) is 0 Å². The largest absolute Gasteiger partial charge is 0.373 e. The summed E-state index contributed by atoms with van der Waals surface area (Å²) in [7, 11) is 1.71. The van der Waals surface area contributed by atoms with E-state index < -0.39 is 0 Å². The highest BCUT2D eigenvalue weighted by molar-refractivity contribution is 7.18. The van der Waals surface area contributed by atoms with Gasteiger partial charge in [0, 0.05) is 18.5 Å². The van der Waals surface area contributed by atoms with Crippen molar-refractivity contribution in [3.8, 4) is 0 Å². The van der Waals surface area contributed by atoms with Gasteiger partial charge < -0.3 is 10.1 Å². The van der Waals surface area contributed by atoms with Crippen molar-refractivity contribution >= 4 is 27.4 Å². The molecule has 1 unspecified atom stereocenters. The summed E-state index contributed by atoms with van der Waals surface area (Å²) in [4.78, 5) is 11.6. The van der Waals surface area contributed by atoms with Gasteiger partial charge in [-0.2, -0.15) is 0 Å². The molecule has 0 aliphatic rings. The maximum absolute atomic E-state index is 5.45. The second kappa shape index (κ2) is 6.30. The Morgan fingerprint density at radius 1 is 1.37 bits per heavy atom. The topological polar surface area (TPSA) is 47.0 Å². The lowest BCUT2D eigenvalue weighted by Gasteiger charge is -2.13. The van der Waals surface area contributed by atoms with Crippen molar-refractivity contribution in [2.45, 2.75) is 39.7 Å². The van der Waals surface area contributed by atoms with Gasteiger partial charge in [-0.3, -0.25) is 0 Å². The van der Waals surface area contributed by atoms with Gasteiger partial charge in [-0.1, -0.05) is 13.8 Å². The van der Waals surface area contributed by atoms with Crippen LogP contribution in [0.5, 0.6) is 0 Å². The molecule has 0 fully saturated rings. The molecule has 5 heteroatoms. The fraction of sp³-hybridized carbons (Fsp3) is 0.571. The van der Waals surface area contributed by atoms with Crippen molar-refractivity contribution in [3.63, 3.8) is 0 Å². The third-order valence-electron chi connectivity index (χ3n) is 3.02. The minimum atomic E-state index is -0.0333. The minimum absolute atomic E-state index is 0.0333. The van der Waals surface area contributed by atoms with Gasteiger partial charge in [-0.15, -0.1) is 11.3 Å². The third-order valence-corrected chi connectivity index (χ3v) is 3.96. The second-order valence-corrected chi connectivity index (χ2v) is 5.80. The fourth-order valence-corrected chi connectivity index (χ4v) is 2.92. The van der Waals surface area contributed by atoms with Crippen molar-refractivity contribution < 1.29 is 4.74 Å². The van der Waals surface area contributed by atoms with E-state index in [1.165, 1.54) is 4.88 Å². The second-order valence-electron chi connectivity index (χ2n) is 4.57. The minimum Gasteiger partial charge on any atom is -0.373 e. The number of hydrogen-bond donors (Lipinski definition) is 1. The number of nitrogens with one attached hydrogen (secondary N) is 1. The standard InChI is InChI=1S/C14H21N3OS/c1-5-7-15-12-10-8-9(3)19-14(10)17-13(16-12)11(6-2)18-4/h8,11H,5-7H2,1-4H3,(H,15,16,17). The van der Waals surface area contributed by atoms with Gasteiger partial charge in [0.25, 0.3) is 0 Å². The molecule has 2 rings (SSSR count). The van der Waals surface area contributed by atoms with Gasteiger partial charge in [0.2, 0.25) is 0 Å². The van der Waals surface area contributed by atoms with Crippen LogP contribution >= 0.6 is 11.3 Å². The number of rotatable bonds is 6. The molecular weight excluding hydrogens is 258 g/mol. The van der Waals surface area contributed by atoms with E-state index in [0.717, 1.165) is 41.2 Å². The van der Waals surface area contributed by atoms with E-state index in [9.17, 15) is 0 Å². The molecule has 0 amide bonds. The SMILES string of the molecule is CCCNc1nc(C(CC)OC)nc2sc(C)cc12. The molecule has 19 heavy (non-hydrogen) atoms. The summed E-state index contributed by atoms with van der Waals surface area (Å²) in [6.45, 7) is 7.25. The van der Waals surface area contributed by atoms with Crippen LogP contribution in [0.15, 0.2) is 6.07 Å². The molecule has 2 heterocycles. The highest BCUT2D eigenvalue weighted by atomic mass is 32.1. The van der Waals surface area contributed by atoms with Crippen LogP contribution in [0, 0.1) is 6.92 Å². The van der Waals surface area contributed by atoms with E-state index in [2.05, 4.69) is 42.1 Å². The number of ether oxygens (including phenoxy) is 1. The van der Waals surface area contributed by atoms with Crippen LogP contribution in [0.3, 0.4) is 0 Å². The number of anilines is 1. The van der Waals surface area contributed by atoms with Crippen LogP contribution in [0.4, 0.5) is 5.82 Å². The zero-order valence-electron chi connectivity index (χ0n) is 12.0. The molecule has 0 radical (unpaired) electrons. The van der Waals surface area contributed by atoms with Crippen molar-refractivity contribution in [2.75, 3.05) is 19.0 Å². The zero-order chi connectivity index (χ0) is 13.8. The maximum atomic E-state index is 5.45. The van der Waals surface area contributed by atoms with E-state index in [0.29, 0.717) is 0 Å². The molecule has 0 aliphatic carbocycles. The lowest BCUT2D eigenvalue weighted by Crippen LogP contribution is -2.09. The van der Waals surface area contributed by atoms with Gasteiger partial charge in [-0.05, 0) is 25.8 Å². The van der Waals surface area contributed by atoms with Gasteiger partial charge in [0.1, 0.15) is 16.8 Å². The van der Waals surface area contributed by atoms with E-state index in [1.54, 1.807) is 18.4 Å². The first-order valence-corrected chi connectivity index (χ1v) is 7.56. The van der Waals surface area contributed by atoms with Gasteiger partial charge >= 0.3 is 0 Å². The molecule has 2 aromatic heterocycles. The molecule has 2 aromatic rings. The number of nitrogens with zero attached hydrogens (tertiary/aromatic N) is 2. The summed E-state index contributed by atoms with van der Waals surface area (Å²) >= 11 is 1.71. The van der Waals surface area contributed by atoms with Crippen molar-refractivity contribution in [1.82, 2.24) is 9.97 Å². The smallest absolute Gasteiger partial charge is 0.161 e. The highest BCUT2D eigenvalue weighted by Gasteiger charge is 2.16. The average molecular weight is 279 g/mol. The Labute approximate surface area is 118 Å². The number of fused-ring (bicyclic) bond motifs is 1. The Hall–Kier alpha value is -1.20. The number of thiophene rings is 1. The van der Waals surface area contributed by atoms with Crippen LogP contribution in [0.2, 0.25) is 0 Å². The number of hydrogen-bond acceptors (Lipinski definition) is 5. The monoisotopic (exact) mass is 279 g/mol. The molecule has 4 nitrogen and oxygen atoms in total. The molecule has 104 valence electrons. The normalized spacial score (nSPS) is 12.8. The Morgan fingerprint density at radius 3 is 2.79 bits per heavy atom. The first-order valence-electron chi connectivity index (χ1n) is 6.74. The van der Waals surface area contributed by atoms with Crippen LogP contribution < -0.4 is 5.32 Å². The van der Waals surface area contributed by atoms with Gasteiger partial charge in [-0.25, -0.2) is 9.97 Å². The molecule has 1 N–H and O–H groups in total. The molecule has 1 atom stereocenters. The molecule has 0 saturated carbocycles. The van der Waals surface area contributed by atoms with Crippen LogP contribution in [-0.4, -0.2) is 23.6 Å². The third kappa shape index (κ3) is 3.04. The molecule has 0 aliphatic heterocycles. The lowest BCUT2D eigenvalue weighted by atomic mass is 10.2. The average Bonchev–Trinajstić information content (AvgIpc) is 2.78. The maximum Gasteiger partial charge on any atom is 0.161 e. The van der Waals surface area contributed by atoms with Crippen molar-refractivity contribution in [1.29, 1.82) is 0 Å². The Kier molecular flexibility index (Phi) is 4.71. The van der Waals surface area contributed by atoms with Crippen molar-refractivity contribution in [3.05, 3.63) is 16.8 Å². The van der Waals surface area contributed by atoms with Crippen LogP contribution in [0.1, 0.15) is 43.5 Å². The fourth-order valence-electron chi connectivity index (χ4n) is 2.04. The molecular formula is C14H21N3OS. The van der Waals surface area contributed by atoms with Gasteiger partial charge in [0.15, 0.2) is 5.82 Å². The molecule has 0 bridgehead atoms. The molecule has 0 aromatic carbocycles. The number of aromatic nitrogens is 2. The summed E-state index contributed by atoms with van der Waals surface area (Å²) in [5.41, 5.74) is 0. The van der Waals surface area contributed by atoms with Crippen molar-refractivity contribution in [2.24, 2.45) is 0 Å². The predicted molar refractivity (Wildman–Crippen MR) is 81.0 cm³/mol. The Bertz CT molecular complexity index is 549. The summed E-state index contributed by atoms with van der Waals surface area (Å²) in [5, 5.41) is 4.51. The van der Waals surface area contributed by atoms with E-state index >= 15 is 0 Å². The van der Waals surface area contributed by atoms with Crippen LogP contribution in [-0.2, 0) is 4.74 Å². The summed E-state index contributed by atoms with van der Waals surface area (Å²) in [5.74, 6) is 1.71. The number of aryl methyl sites for hydroxylation is 1. The highest BCUT2D eigenvalue weighted by Crippen LogP contribution is 2.30. The summed E-state index contributed by atoms with van der Waals surface area (Å²) < 4.78 is 5.45. The Balaban J connectivity index is 2.48. The number of methoxy groups -OCH3 is 1. The van der Waals surface area contributed by atoms with Gasteiger partial charge in [0.05, 0.1) is 5.39 Å². The van der Waals surface area contributed by atoms with E-state index in [-0.39, 0.29) is 6.10 Å². The van der Waals surface area contributed by atoms with E-state index in [4.69, 9.17) is 4.74 Å². The zero-order valence-corrected chi connectivity index (χ0v) is 12.8. The summed E-state index contributed by atoms with van der Waals surface area (Å²) in [6.07, 6.45) is 1.92. The Morgan fingerprint density at radius 2 is 2.16 bits per heavy atom. The molecule has 0 spiro atoms. The molecule has 0 saturated heterocycles. The summed E-state index contributed by atoms with van der Waals surface area (Å²) in [6, 6.07) is 2.15. The first-order chi connectivity index (χ1) is 9.19. The predicted octanol–water partition coefficient (Wildman–Crippen LogP) is 3.92. The quantitative estimate of drug-likeness (QED) is 0.870. The van der Waals surface area contributed by atoms with Crippen LogP contribution in [0.25, 0.3) is 10.2 Å².